The van der Waals surface area contributed by atoms with Gasteiger partial charge in [-0.1, -0.05) is 6.92 Å². The summed E-state index contributed by atoms with van der Waals surface area (Å²) in [6, 6.07) is 0. The summed E-state index contributed by atoms with van der Waals surface area (Å²) in [5.74, 6) is 0.263. The standard InChI is InChI=1S/C7H15NO2/c1-6(5-8)3-4-7(9)10-2/h6H,3-5,8H2,1-2H3/t6-/m1/s1. The van der Waals surface area contributed by atoms with Crippen molar-refractivity contribution >= 4 is 5.97 Å². The maximum absolute atomic E-state index is 10.6. The number of carbonyl (C=O) groups excluding carboxylic acids is 1. The summed E-state index contributed by atoms with van der Waals surface area (Å²) in [5.41, 5.74) is 5.35. The van der Waals surface area contributed by atoms with Crippen molar-refractivity contribution in [2.24, 2.45) is 11.7 Å². The Labute approximate surface area is 61.5 Å². The van der Waals surface area contributed by atoms with Gasteiger partial charge in [0.25, 0.3) is 0 Å². The number of rotatable bonds is 4. The summed E-state index contributed by atoms with van der Waals surface area (Å²) in [6.07, 6.45) is 1.30. The average molecular weight is 145 g/mol. The summed E-state index contributed by atoms with van der Waals surface area (Å²) in [6.45, 7) is 2.65. The molecule has 0 amide bonds. The number of hydrogen-bond acceptors (Lipinski definition) is 3. The molecule has 0 aliphatic heterocycles. The minimum absolute atomic E-state index is 0.153. The van der Waals surface area contributed by atoms with E-state index in [4.69, 9.17) is 5.73 Å². The zero-order valence-electron chi connectivity index (χ0n) is 6.59. The molecule has 0 aliphatic carbocycles. The molecule has 0 rings (SSSR count). The van der Waals surface area contributed by atoms with Crippen molar-refractivity contribution in [3.8, 4) is 0 Å². The number of nitrogens with two attached hydrogens (primary N) is 1. The first kappa shape index (κ1) is 9.43. The number of carbonyl (C=O) groups is 1. The molecule has 0 radical (unpaired) electrons. The van der Waals surface area contributed by atoms with E-state index in [0.717, 1.165) is 6.42 Å². The molecule has 0 fully saturated rings. The average Bonchev–Trinajstić information content (AvgIpc) is 1.99. The van der Waals surface area contributed by atoms with Crippen molar-refractivity contribution in [1.29, 1.82) is 0 Å². The Morgan fingerprint density at radius 3 is 2.70 bits per heavy atom. The van der Waals surface area contributed by atoms with Crippen LogP contribution in [0, 0.1) is 5.92 Å². The van der Waals surface area contributed by atoms with Crippen LogP contribution in [0.3, 0.4) is 0 Å². The van der Waals surface area contributed by atoms with E-state index in [1.165, 1.54) is 7.11 Å². The SMILES string of the molecule is COC(=O)CC[C@@H](C)CN. The fourth-order valence-corrected chi connectivity index (χ4v) is 0.584. The molecule has 0 heterocycles. The van der Waals surface area contributed by atoms with Gasteiger partial charge in [0.15, 0.2) is 0 Å². The Hall–Kier alpha value is -0.570. The highest BCUT2D eigenvalue weighted by Gasteiger charge is 2.03. The van der Waals surface area contributed by atoms with Gasteiger partial charge < -0.3 is 10.5 Å². The third-order valence-corrected chi connectivity index (χ3v) is 1.47. The highest BCUT2D eigenvalue weighted by atomic mass is 16.5. The van der Waals surface area contributed by atoms with Crippen LogP contribution < -0.4 is 5.73 Å². The predicted molar refractivity (Wildman–Crippen MR) is 39.5 cm³/mol. The lowest BCUT2D eigenvalue weighted by Gasteiger charge is -2.05. The zero-order valence-corrected chi connectivity index (χ0v) is 6.59. The second-order valence-electron chi connectivity index (χ2n) is 2.46. The van der Waals surface area contributed by atoms with Gasteiger partial charge in [-0.05, 0) is 18.9 Å². The van der Waals surface area contributed by atoms with Crippen LogP contribution in [-0.4, -0.2) is 19.6 Å². The van der Waals surface area contributed by atoms with Gasteiger partial charge in [0.1, 0.15) is 0 Å². The third-order valence-electron chi connectivity index (χ3n) is 1.47. The maximum atomic E-state index is 10.6. The van der Waals surface area contributed by atoms with E-state index in [1.807, 2.05) is 6.92 Å². The molecule has 60 valence electrons. The fourth-order valence-electron chi connectivity index (χ4n) is 0.584. The fraction of sp³-hybridized carbons (Fsp3) is 0.857. The Balaban J connectivity index is 3.26. The largest absolute Gasteiger partial charge is 0.469 e. The quantitative estimate of drug-likeness (QED) is 0.587. The van der Waals surface area contributed by atoms with Crippen molar-refractivity contribution in [1.82, 2.24) is 0 Å². The zero-order chi connectivity index (χ0) is 7.98. The Morgan fingerprint density at radius 1 is 1.70 bits per heavy atom. The molecule has 10 heavy (non-hydrogen) atoms. The molecular formula is C7H15NO2. The molecule has 2 N–H and O–H groups in total. The lowest BCUT2D eigenvalue weighted by atomic mass is 10.1. The van der Waals surface area contributed by atoms with Crippen LogP contribution in [0.15, 0.2) is 0 Å². The van der Waals surface area contributed by atoms with Gasteiger partial charge in [0.05, 0.1) is 7.11 Å². The lowest BCUT2D eigenvalue weighted by Crippen LogP contribution is -2.12. The highest BCUT2D eigenvalue weighted by Crippen LogP contribution is 2.03. The molecular weight excluding hydrogens is 130 g/mol. The number of methoxy groups -OCH3 is 1. The first-order valence-corrected chi connectivity index (χ1v) is 3.47. The maximum Gasteiger partial charge on any atom is 0.305 e. The van der Waals surface area contributed by atoms with E-state index in [1.54, 1.807) is 0 Å². The minimum atomic E-state index is -0.153. The van der Waals surface area contributed by atoms with Gasteiger partial charge in [-0.25, -0.2) is 0 Å². The molecule has 0 unspecified atom stereocenters. The van der Waals surface area contributed by atoms with E-state index >= 15 is 0 Å². The van der Waals surface area contributed by atoms with Crippen molar-refractivity contribution in [3.63, 3.8) is 0 Å². The van der Waals surface area contributed by atoms with Gasteiger partial charge >= 0.3 is 5.97 Å². The predicted octanol–water partition coefficient (Wildman–Crippen LogP) is 0.534. The first-order valence-electron chi connectivity index (χ1n) is 3.47. The summed E-state index contributed by atoms with van der Waals surface area (Å²) < 4.78 is 4.47. The molecule has 0 spiro atoms. The van der Waals surface area contributed by atoms with Gasteiger partial charge in [0, 0.05) is 6.42 Å². The lowest BCUT2D eigenvalue weighted by molar-refractivity contribution is -0.140. The normalized spacial score (nSPS) is 12.7. The van der Waals surface area contributed by atoms with Crippen LogP contribution in [0.1, 0.15) is 19.8 Å². The van der Waals surface area contributed by atoms with E-state index in [9.17, 15) is 4.79 Å². The summed E-state index contributed by atoms with van der Waals surface area (Å²) in [5, 5.41) is 0. The van der Waals surface area contributed by atoms with Crippen molar-refractivity contribution < 1.29 is 9.53 Å². The van der Waals surface area contributed by atoms with E-state index in [2.05, 4.69) is 4.74 Å². The van der Waals surface area contributed by atoms with E-state index in [0.29, 0.717) is 18.9 Å². The second-order valence-corrected chi connectivity index (χ2v) is 2.46. The van der Waals surface area contributed by atoms with E-state index in [-0.39, 0.29) is 5.97 Å². The molecule has 0 aliphatic rings. The van der Waals surface area contributed by atoms with Crippen molar-refractivity contribution in [2.75, 3.05) is 13.7 Å². The topological polar surface area (TPSA) is 52.3 Å². The van der Waals surface area contributed by atoms with Gasteiger partial charge in [-0.15, -0.1) is 0 Å². The van der Waals surface area contributed by atoms with Crippen LogP contribution in [0.4, 0.5) is 0 Å². The van der Waals surface area contributed by atoms with Crippen LogP contribution >= 0.6 is 0 Å². The third kappa shape index (κ3) is 4.32. The van der Waals surface area contributed by atoms with Crippen LogP contribution in [0.25, 0.3) is 0 Å². The van der Waals surface area contributed by atoms with Gasteiger partial charge in [0.2, 0.25) is 0 Å². The molecule has 0 aromatic rings. The summed E-state index contributed by atoms with van der Waals surface area (Å²) >= 11 is 0. The van der Waals surface area contributed by atoms with Crippen LogP contribution in [0.5, 0.6) is 0 Å². The molecule has 0 aromatic carbocycles. The second kappa shape index (κ2) is 5.23. The summed E-state index contributed by atoms with van der Waals surface area (Å²) in [4.78, 5) is 10.6. The Morgan fingerprint density at radius 2 is 2.30 bits per heavy atom. The van der Waals surface area contributed by atoms with Crippen molar-refractivity contribution in [2.45, 2.75) is 19.8 Å². The minimum Gasteiger partial charge on any atom is -0.469 e. The van der Waals surface area contributed by atoms with Gasteiger partial charge in [-0.2, -0.15) is 0 Å². The smallest absolute Gasteiger partial charge is 0.305 e. The molecule has 0 bridgehead atoms. The number of esters is 1. The Bertz CT molecular complexity index is 104. The summed E-state index contributed by atoms with van der Waals surface area (Å²) in [7, 11) is 1.40. The molecule has 1 atom stereocenters. The highest BCUT2D eigenvalue weighted by molar-refractivity contribution is 5.69. The molecule has 0 saturated heterocycles. The van der Waals surface area contributed by atoms with Crippen LogP contribution in [-0.2, 0) is 9.53 Å². The first-order chi connectivity index (χ1) is 4.70. The molecule has 0 saturated carbocycles. The monoisotopic (exact) mass is 145 g/mol. The number of hydrogen-bond donors (Lipinski definition) is 1. The van der Waals surface area contributed by atoms with Crippen molar-refractivity contribution in [3.05, 3.63) is 0 Å². The van der Waals surface area contributed by atoms with E-state index < -0.39 is 0 Å². The molecule has 3 nitrogen and oxygen atoms in total. The number of ether oxygens (including phenoxy) is 1. The Kier molecular flexibility index (Phi) is 4.94. The molecule has 3 heteroatoms. The van der Waals surface area contributed by atoms with Crippen LogP contribution in [0.2, 0.25) is 0 Å². The molecule has 0 aromatic heterocycles. The van der Waals surface area contributed by atoms with Gasteiger partial charge in [-0.3, -0.25) is 4.79 Å².